The summed E-state index contributed by atoms with van der Waals surface area (Å²) in [7, 11) is 1.83. The van der Waals surface area contributed by atoms with Crippen LogP contribution < -0.4 is 10.1 Å². The summed E-state index contributed by atoms with van der Waals surface area (Å²) in [6.07, 6.45) is 3.60. The average molecular weight is 499 g/mol. The van der Waals surface area contributed by atoms with E-state index in [1.54, 1.807) is 17.0 Å². The van der Waals surface area contributed by atoms with Crippen LogP contribution in [0.4, 0.5) is 4.79 Å². The molecule has 0 aliphatic heterocycles. The van der Waals surface area contributed by atoms with Crippen molar-refractivity contribution >= 4 is 6.09 Å². The van der Waals surface area contributed by atoms with Crippen LogP contribution in [-0.2, 0) is 17.1 Å². The van der Waals surface area contributed by atoms with Gasteiger partial charge in [0.05, 0.1) is 6.61 Å². The molecular formula is C29H42N2O5. The lowest BCUT2D eigenvalue weighted by molar-refractivity contribution is -0.152. The van der Waals surface area contributed by atoms with Crippen molar-refractivity contribution in [3.8, 4) is 16.9 Å². The van der Waals surface area contributed by atoms with E-state index in [4.69, 9.17) is 9.47 Å². The lowest BCUT2D eigenvalue weighted by Crippen LogP contribution is -2.44. The van der Waals surface area contributed by atoms with Gasteiger partial charge in [-0.2, -0.15) is 0 Å². The third kappa shape index (κ3) is 7.69. The zero-order chi connectivity index (χ0) is 26.5. The summed E-state index contributed by atoms with van der Waals surface area (Å²) in [6, 6.07) is 14.0. The summed E-state index contributed by atoms with van der Waals surface area (Å²) >= 11 is 0. The Morgan fingerprint density at radius 1 is 1.00 bits per heavy atom. The molecule has 1 fully saturated rings. The maximum Gasteiger partial charge on any atom is 0.410 e. The molecule has 1 amide bonds. The minimum absolute atomic E-state index is 0.197. The van der Waals surface area contributed by atoms with Gasteiger partial charge in [0, 0.05) is 36.8 Å². The Hall–Kier alpha value is -2.61. The van der Waals surface area contributed by atoms with Crippen molar-refractivity contribution in [3.05, 3.63) is 53.6 Å². The maximum absolute atomic E-state index is 12.4. The van der Waals surface area contributed by atoms with Gasteiger partial charge in [-0.25, -0.2) is 4.79 Å². The Bertz CT molecular complexity index is 1000. The van der Waals surface area contributed by atoms with E-state index in [2.05, 4.69) is 11.4 Å². The maximum atomic E-state index is 12.4. The molecule has 7 heteroatoms. The highest BCUT2D eigenvalue weighted by molar-refractivity contribution is 5.68. The lowest BCUT2D eigenvalue weighted by atomic mass is 9.90. The van der Waals surface area contributed by atoms with Crippen LogP contribution in [-0.4, -0.2) is 52.5 Å². The summed E-state index contributed by atoms with van der Waals surface area (Å²) in [5.74, 6) is -0.991. The summed E-state index contributed by atoms with van der Waals surface area (Å²) in [6.45, 7) is 10.3. The molecule has 2 aromatic rings. The van der Waals surface area contributed by atoms with Crippen LogP contribution in [0.2, 0.25) is 0 Å². The second-order valence-electron chi connectivity index (χ2n) is 10.8. The highest BCUT2D eigenvalue weighted by Gasteiger charge is 2.29. The Labute approximate surface area is 215 Å². The van der Waals surface area contributed by atoms with Crippen molar-refractivity contribution in [2.45, 2.75) is 90.3 Å². The second kappa shape index (κ2) is 11.6. The molecule has 0 bridgehead atoms. The van der Waals surface area contributed by atoms with Crippen LogP contribution in [0.1, 0.15) is 71.4 Å². The highest BCUT2D eigenvalue weighted by atomic mass is 16.6. The Morgan fingerprint density at radius 2 is 1.61 bits per heavy atom. The van der Waals surface area contributed by atoms with Gasteiger partial charge >= 0.3 is 6.09 Å². The predicted molar refractivity (Wildman–Crippen MR) is 142 cm³/mol. The normalized spacial score (nSPS) is 18.6. The molecule has 0 unspecified atom stereocenters. The highest BCUT2D eigenvalue weighted by Crippen LogP contribution is 2.30. The van der Waals surface area contributed by atoms with E-state index in [-0.39, 0.29) is 12.1 Å². The third-order valence-electron chi connectivity index (χ3n) is 6.63. The molecule has 3 N–H and O–H groups in total. The number of rotatable bonds is 8. The van der Waals surface area contributed by atoms with Crippen LogP contribution in [0, 0.1) is 0 Å². The van der Waals surface area contributed by atoms with Crippen LogP contribution in [0.15, 0.2) is 42.5 Å². The lowest BCUT2D eigenvalue weighted by Gasteiger charge is -2.36. The van der Waals surface area contributed by atoms with E-state index >= 15 is 0 Å². The molecule has 36 heavy (non-hydrogen) atoms. The van der Waals surface area contributed by atoms with Gasteiger partial charge < -0.3 is 29.9 Å². The van der Waals surface area contributed by atoms with E-state index in [0.717, 1.165) is 48.1 Å². The van der Waals surface area contributed by atoms with Gasteiger partial charge in [0.1, 0.15) is 11.4 Å². The molecule has 0 saturated heterocycles. The molecule has 198 valence electrons. The molecule has 3 rings (SSSR count). The Balaban J connectivity index is 1.62. The quantitative estimate of drug-likeness (QED) is 0.435. The van der Waals surface area contributed by atoms with Crippen LogP contribution in [0.25, 0.3) is 11.1 Å². The fourth-order valence-electron chi connectivity index (χ4n) is 4.58. The van der Waals surface area contributed by atoms with Gasteiger partial charge in [-0.1, -0.05) is 30.3 Å². The fraction of sp³-hybridized carbons (Fsp3) is 0.552. The van der Waals surface area contributed by atoms with Gasteiger partial charge in [-0.3, -0.25) is 0 Å². The fourth-order valence-corrected chi connectivity index (χ4v) is 4.58. The standard InChI is InChI=1S/C29H42N2O5/c1-7-35-26-17-10-21(20-8-11-23(12-9-20)29(5,33)34)18-22(26)19-30-24-13-15-25(16-14-24)31(6)27(32)36-28(2,3)4/h8-12,17-18,24-25,30,33-34H,7,13-16,19H2,1-6H3. The first kappa shape index (κ1) is 28.0. The van der Waals surface area contributed by atoms with E-state index < -0.39 is 11.4 Å². The SMILES string of the molecule is CCOc1ccc(-c2ccc(C(C)(O)O)cc2)cc1CNC1CCC(N(C)C(=O)OC(C)(C)C)CC1. The van der Waals surface area contributed by atoms with Gasteiger partial charge in [-0.05, 0) is 83.6 Å². The predicted octanol–water partition coefficient (Wildman–Crippen LogP) is 5.18. The van der Waals surface area contributed by atoms with Gasteiger partial charge in [0.2, 0.25) is 0 Å². The molecule has 0 heterocycles. The van der Waals surface area contributed by atoms with Crippen molar-refractivity contribution in [1.82, 2.24) is 10.2 Å². The van der Waals surface area contributed by atoms with Crippen molar-refractivity contribution in [3.63, 3.8) is 0 Å². The summed E-state index contributed by atoms with van der Waals surface area (Å²) in [4.78, 5) is 14.2. The molecule has 0 aromatic heterocycles. The van der Waals surface area contributed by atoms with Crippen molar-refractivity contribution in [2.24, 2.45) is 0 Å². The minimum Gasteiger partial charge on any atom is -0.494 e. The first-order valence-corrected chi connectivity index (χ1v) is 12.9. The number of benzene rings is 2. The van der Waals surface area contributed by atoms with Crippen molar-refractivity contribution < 1.29 is 24.5 Å². The van der Waals surface area contributed by atoms with Gasteiger partial charge in [-0.15, -0.1) is 0 Å². The molecular weight excluding hydrogens is 456 g/mol. The number of hydrogen-bond acceptors (Lipinski definition) is 6. The summed E-state index contributed by atoms with van der Waals surface area (Å²) in [5.41, 5.74) is 3.09. The van der Waals surface area contributed by atoms with E-state index in [1.807, 2.05) is 59.0 Å². The molecule has 0 radical (unpaired) electrons. The van der Waals surface area contributed by atoms with E-state index in [0.29, 0.717) is 24.8 Å². The number of nitrogens with one attached hydrogen (secondary N) is 1. The van der Waals surface area contributed by atoms with Crippen LogP contribution >= 0.6 is 0 Å². The molecule has 1 aliphatic rings. The van der Waals surface area contributed by atoms with Gasteiger partial charge in [0.25, 0.3) is 0 Å². The van der Waals surface area contributed by atoms with Gasteiger partial charge in [0.15, 0.2) is 5.79 Å². The topological polar surface area (TPSA) is 91.3 Å². The number of carbonyl (C=O) groups excluding carboxylic acids is 1. The number of amides is 1. The number of ether oxygens (including phenoxy) is 2. The number of hydrogen-bond donors (Lipinski definition) is 3. The molecule has 0 spiro atoms. The Kier molecular flexibility index (Phi) is 9.03. The number of carbonyl (C=O) groups is 1. The Morgan fingerprint density at radius 3 is 2.17 bits per heavy atom. The number of aliphatic hydroxyl groups is 2. The molecule has 1 saturated carbocycles. The van der Waals surface area contributed by atoms with E-state index in [9.17, 15) is 15.0 Å². The van der Waals surface area contributed by atoms with Crippen molar-refractivity contribution in [2.75, 3.05) is 13.7 Å². The van der Waals surface area contributed by atoms with Crippen molar-refractivity contribution in [1.29, 1.82) is 0 Å². The number of nitrogens with zero attached hydrogens (tertiary/aromatic N) is 1. The van der Waals surface area contributed by atoms with Crippen LogP contribution in [0.5, 0.6) is 5.75 Å². The monoisotopic (exact) mass is 498 g/mol. The largest absolute Gasteiger partial charge is 0.494 e. The average Bonchev–Trinajstić information content (AvgIpc) is 2.82. The smallest absolute Gasteiger partial charge is 0.410 e. The first-order chi connectivity index (χ1) is 16.9. The first-order valence-electron chi connectivity index (χ1n) is 12.9. The van der Waals surface area contributed by atoms with E-state index in [1.165, 1.54) is 6.92 Å². The summed E-state index contributed by atoms with van der Waals surface area (Å²) in [5, 5.41) is 23.3. The minimum atomic E-state index is -1.85. The molecule has 0 atom stereocenters. The second-order valence-corrected chi connectivity index (χ2v) is 10.8. The zero-order valence-corrected chi connectivity index (χ0v) is 22.5. The van der Waals surface area contributed by atoms with Crippen LogP contribution in [0.3, 0.4) is 0 Å². The zero-order valence-electron chi connectivity index (χ0n) is 22.5. The summed E-state index contributed by atoms with van der Waals surface area (Å²) < 4.78 is 11.4. The molecule has 7 nitrogen and oxygen atoms in total. The molecule has 2 aromatic carbocycles. The molecule has 1 aliphatic carbocycles. The third-order valence-corrected chi connectivity index (χ3v) is 6.63.